The molecule has 0 aliphatic carbocycles. The molecule has 0 saturated carbocycles. The van der Waals surface area contributed by atoms with Gasteiger partial charge in [0.1, 0.15) is 0 Å². The topological polar surface area (TPSA) is 9.86 Å². The molecule has 2 aromatic heterocycles. The Labute approximate surface area is 150 Å². The number of allylic oxidation sites excluding steroid dienone is 1. The first-order chi connectivity index (χ1) is 12.1. The molecule has 4 radical (unpaired) electrons. The number of rotatable bonds is 4. The molecule has 0 bridgehead atoms. The SMILES string of the molecule is [B]n1c(C=C)c(-c2c(C=C)n([B])c3ccccc23)c(=C/C=C)/c1=C\C. The van der Waals surface area contributed by atoms with E-state index in [0.717, 1.165) is 44.0 Å². The third kappa shape index (κ3) is 2.37. The lowest BCUT2D eigenvalue weighted by Crippen LogP contribution is -2.28. The highest BCUT2D eigenvalue weighted by atomic mass is 14.9. The van der Waals surface area contributed by atoms with Crippen molar-refractivity contribution in [3.63, 3.8) is 0 Å². The fraction of sp³-hybridized carbons (Fsp3) is 0.0476. The van der Waals surface area contributed by atoms with Gasteiger partial charge in [-0.05, 0) is 25.1 Å². The van der Waals surface area contributed by atoms with Crippen LogP contribution in [0.15, 0.2) is 50.1 Å². The zero-order chi connectivity index (χ0) is 18.1. The summed E-state index contributed by atoms with van der Waals surface area (Å²) in [4.78, 5) is 0. The Morgan fingerprint density at radius 3 is 2.16 bits per heavy atom. The second-order valence-corrected chi connectivity index (χ2v) is 5.68. The van der Waals surface area contributed by atoms with Crippen LogP contribution >= 0.6 is 0 Å². The van der Waals surface area contributed by atoms with Crippen molar-refractivity contribution in [3.05, 3.63) is 72.0 Å². The van der Waals surface area contributed by atoms with Gasteiger partial charge in [-0.3, -0.25) is 0 Å². The number of aromatic nitrogens is 2. The van der Waals surface area contributed by atoms with E-state index in [0.29, 0.717) is 0 Å². The van der Waals surface area contributed by atoms with Crippen molar-refractivity contribution in [2.45, 2.75) is 6.92 Å². The molecule has 0 saturated heterocycles. The monoisotopic (exact) mass is 320 g/mol. The Kier molecular flexibility index (Phi) is 4.45. The number of nitrogens with zero attached hydrogens (tertiary/aromatic N) is 2. The molecule has 3 aromatic rings. The standard InChI is InChI=1S/C21H18B2N2/c1-5-11-14-16(6-2)24(22)17(7-3)20(14)21-15-12-9-10-13-19(15)25(23)18(21)8-4/h5-13H,1,3-4H2,2H3/b14-11+,16-6+. The fourth-order valence-corrected chi connectivity index (χ4v) is 3.44. The zero-order valence-corrected chi connectivity index (χ0v) is 14.4. The Morgan fingerprint density at radius 1 is 0.920 bits per heavy atom. The van der Waals surface area contributed by atoms with Gasteiger partial charge < -0.3 is 8.96 Å². The molecule has 0 spiro atoms. The minimum atomic E-state index is 0.820. The maximum absolute atomic E-state index is 6.33. The largest absolute Gasteiger partial charge is 0.397 e. The lowest BCUT2D eigenvalue weighted by Gasteiger charge is -2.06. The van der Waals surface area contributed by atoms with Crippen molar-refractivity contribution in [1.82, 2.24) is 8.96 Å². The van der Waals surface area contributed by atoms with Gasteiger partial charge in [0.25, 0.3) is 0 Å². The van der Waals surface area contributed by atoms with Crippen molar-refractivity contribution >= 4 is 51.2 Å². The van der Waals surface area contributed by atoms with Crippen LogP contribution in [0.1, 0.15) is 18.3 Å². The van der Waals surface area contributed by atoms with Crippen molar-refractivity contribution in [3.8, 4) is 11.1 Å². The lowest BCUT2D eigenvalue weighted by molar-refractivity contribution is 1.16. The molecule has 3 rings (SSSR count). The molecule has 1 aromatic carbocycles. The van der Waals surface area contributed by atoms with Crippen LogP contribution in [-0.2, 0) is 0 Å². The molecule has 25 heavy (non-hydrogen) atoms. The van der Waals surface area contributed by atoms with Gasteiger partial charge in [-0.15, -0.1) is 0 Å². The van der Waals surface area contributed by atoms with Crippen LogP contribution in [0.4, 0.5) is 0 Å². The lowest BCUT2D eigenvalue weighted by atomic mass is 9.99. The summed E-state index contributed by atoms with van der Waals surface area (Å²) in [5.41, 5.74) is 4.54. The Morgan fingerprint density at radius 2 is 1.56 bits per heavy atom. The normalized spacial score (nSPS) is 12.7. The van der Waals surface area contributed by atoms with E-state index in [-0.39, 0.29) is 0 Å². The van der Waals surface area contributed by atoms with E-state index in [1.54, 1.807) is 27.2 Å². The Bertz CT molecular complexity index is 1130. The van der Waals surface area contributed by atoms with E-state index < -0.39 is 0 Å². The van der Waals surface area contributed by atoms with Crippen molar-refractivity contribution in [1.29, 1.82) is 0 Å². The molecule has 0 amide bonds. The van der Waals surface area contributed by atoms with Crippen LogP contribution in [0.5, 0.6) is 0 Å². The smallest absolute Gasteiger partial charge is 0.234 e. The highest BCUT2D eigenvalue weighted by Crippen LogP contribution is 2.35. The summed E-state index contributed by atoms with van der Waals surface area (Å²) in [6.07, 6.45) is 9.22. The zero-order valence-electron chi connectivity index (χ0n) is 14.4. The second-order valence-electron chi connectivity index (χ2n) is 5.68. The minimum Gasteiger partial charge on any atom is -0.397 e. The molecule has 0 aliphatic rings. The van der Waals surface area contributed by atoms with E-state index in [9.17, 15) is 0 Å². The molecule has 0 atom stereocenters. The molecule has 2 nitrogen and oxygen atoms in total. The van der Waals surface area contributed by atoms with Crippen molar-refractivity contribution < 1.29 is 0 Å². The predicted molar refractivity (Wildman–Crippen MR) is 112 cm³/mol. The number of hydrogen-bond donors (Lipinski definition) is 0. The minimum absolute atomic E-state index is 0.820. The van der Waals surface area contributed by atoms with Gasteiger partial charge in [-0.2, -0.15) is 0 Å². The van der Waals surface area contributed by atoms with Gasteiger partial charge in [-0.1, -0.05) is 56.2 Å². The highest BCUT2D eigenvalue weighted by Gasteiger charge is 2.20. The summed E-state index contributed by atoms with van der Waals surface area (Å²) in [6.45, 7) is 13.7. The molecular formula is C21H18B2N2. The van der Waals surface area contributed by atoms with Gasteiger partial charge >= 0.3 is 0 Å². The van der Waals surface area contributed by atoms with Crippen LogP contribution in [-0.4, -0.2) is 24.9 Å². The Balaban J connectivity index is 2.66. The van der Waals surface area contributed by atoms with E-state index in [2.05, 4.69) is 25.8 Å². The van der Waals surface area contributed by atoms with Crippen LogP contribution in [0.3, 0.4) is 0 Å². The molecular weight excluding hydrogens is 302 g/mol. The van der Waals surface area contributed by atoms with E-state index in [1.807, 2.05) is 37.3 Å². The third-order valence-corrected chi connectivity index (χ3v) is 4.46. The van der Waals surface area contributed by atoms with Gasteiger partial charge in [-0.25, -0.2) is 0 Å². The Hall–Kier alpha value is -2.87. The van der Waals surface area contributed by atoms with Gasteiger partial charge in [0.15, 0.2) is 0 Å². The van der Waals surface area contributed by atoms with Crippen LogP contribution in [0.25, 0.3) is 46.3 Å². The molecule has 0 aliphatic heterocycles. The van der Waals surface area contributed by atoms with E-state index in [1.165, 1.54) is 0 Å². The fourth-order valence-electron chi connectivity index (χ4n) is 3.44. The summed E-state index contributed by atoms with van der Waals surface area (Å²) in [6, 6.07) is 8.00. The first-order valence-electron chi connectivity index (χ1n) is 8.03. The van der Waals surface area contributed by atoms with Crippen molar-refractivity contribution in [2.24, 2.45) is 0 Å². The number of para-hydroxylation sites is 1. The predicted octanol–water partition coefficient (Wildman–Crippen LogP) is 3.03. The van der Waals surface area contributed by atoms with Gasteiger partial charge in [0.2, 0.25) is 16.0 Å². The van der Waals surface area contributed by atoms with Crippen LogP contribution in [0, 0.1) is 0 Å². The molecule has 0 unspecified atom stereocenters. The molecule has 118 valence electrons. The number of fused-ring (bicyclic) bond motifs is 1. The van der Waals surface area contributed by atoms with E-state index in [4.69, 9.17) is 16.0 Å². The van der Waals surface area contributed by atoms with Crippen LogP contribution < -0.4 is 10.6 Å². The first kappa shape index (κ1) is 17.0. The summed E-state index contributed by atoms with van der Waals surface area (Å²) in [5.74, 6) is 0. The molecule has 4 heteroatoms. The van der Waals surface area contributed by atoms with E-state index >= 15 is 0 Å². The van der Waals surface area contributed by atoms with Gasteiger partial charge in [0, 0.05) is 44.0 Å². The summed E-state index contributed by atoms with van der Waals surface area (Å²) in [7, 11) is 12.7. The average molecular weight is 320 g/mol. The quantitative estimate of drug-likeness (QED) is 0.654. The summed E-state index contributed by atoms with van der Waals surface area (Å²) >= 11 is 0. The number of benzene rings is 1. The average Bonchev–Trinajstić information content (AvgIpc) is 3.06. The molecule has 2 heterocycles. The summed E-state index contributed by atoms with van der Waals surface area (Å²) in [5, 5.41) is 2.91. The van der Waals surface area contributed by atoms with Gasteiger partial charge in [0.05, 0.1) is 0 Å². The second kappa shape index (κ2) is 6.56. The van der Waals surface area contributed by atoms with Crippen LogP contribution in [0.2, 0.25) is 0 Å². The molecule has 0 N–H and O–H groups in total. The first-order valence-corrected chi connectivity index (χ1v) is 8.03. The molecule has 0 fully saturated rings. The maximum Gasteiger partial charge on any atom is 0.234 e. The highest BCUT2D eigenvalue weighted by molar-refractivity contribution is 6.17. The maximum atomic E-state index is 6.33. The van der Waals surface area contributed by atoms with Crippen molar-refractivity contribution in [2.75, 3.05) is 0 Å². The summed E-state index contributed by atoms with van der Waals surface area (Å²) < 4.78 is 3.30. The number of hydrogen-bond acceptors (Lipinski definition) is 0. The third-order valence-electron chi connectivity index (χ3n) is 4.46.